The minimum absolute atomic E-state index is 0.0658. The highest BCUT2D eigenvalue weighted by Crippen LogP contribution is 2.41. The van der Waals surface area contributed by atoms with Crippen molar-refractivity contribution in [3.63, 3.8) is 0 Å². The fraction of sp³-hybridized carbons (Fsp3) is 0.400. The predicted molar refractivity (Wildman–Crippen MR) is 102 cm³/mol. The van der Waals surface area contributed by atoms with Crippen LogP contribution in [0.5, 0.6) is 0 Å². The summed E-state index contributed by atoms with van der Waals surface area (Å²) < 4.78 is 18.5. The predicted octanol–water partition coefficient (Wildman–Crippen LogP) is 3.72. The Bertz CT molecular complexity index is 777. The lowest BCUT2D eigenvalue weighted by molar-refractivity contribution is -0.139. The summed E-state index contributed by atoms with van der Waals surface area (Å²) >= 11 is 1.47. The van der Waals surface area contributed by atoms with Crippen molar-refractivity contribution in [3.8, 4) is 0 Å². The Morgan fingerprint density at radius 1 is 1.33 bits per heavy atom. The molecule has 2 heterocycles. The second kappa shape index (κ2) is 8.61. The van der Waals surface area contributed by atoms with Crippen molar-refractivity contribution in [2.24, 2.45) is 5.92 Å². The topological polar surface area (TPSA) is 62.6 Å². The minimum Gasteiger partial charge on any atom is -0.466 e. The Balaban J connectivity index is 1.76. The average Bonchev–Trinajstić information content (AvgIpc) is 3.28. The first-order valence-electron chi connectivity index (χ1n) is 8.94. The van der Waals surface area contributed by atoms with Gasteiger partial charge in [0.15, 0.2) is 0 Å². The summed E-state index contributed by atoms with van der Waals surface area (Å²) in [4.78, 5) is 27.2. The Morgan fingerprint density at radius 3 is 2.70 bits per heavy atom. The summed E-state index contributed by atoms with van der Waals surface area (Å²) in [6, 6.07) is 9.02. The van der Waals surface area contributed by atoms with Crippen LogP contribution < -0.4 is 5.32 Å². The van der Waals surface area contributed by atoms with Crippen molar-refractivity contribution in [3.05, 3.63) is 59.8 Å². The first-order chi connectivity index (χ1) is 13.0. The molecule has 0 bridgehead atoms. The molecule has 0 aliphatic carbocycles. The van der Waals surface area contributed by atoms with Crippen LogP contribution in [0.15, 0.2) is 47.1 Å². The number of benzene rings is 1. The van der Waals surface area contributed by atoms with E-state index in [2.05, 4.69) is 5.32 Å². The van der Waals surface area contributed by atoms with Crippen LogP contribution in [-0.4, -0.2) is 28.5 Å². The second-order valence-electron chi connectivity index (χ2n) is 6.97. The zero-order valence-corrected chi connectivity index (χ0v) is 16.2. The Kier molecular flexibility index (Phi) is 6.21. The SMILES string of the molecule is CC(C)C[C@@H](C(=O)NCc1ccc(F)cc1)N1C(=O)CS[C@@H]1c1ccco1. The van der Waals surface area contributed by atoms with Crippen molar-refractivity contribution in [1.82, 2.24) is 10.2 Å². The van der Waals surface area contributed by atoms with Crippen molar-refractivity contribution in [1.29, 1.82) is 0 Å². The summed E-state index contributed by atoms with van der Waals surface area (Å²) in [5.74, 6) is 0.645. The second-order valence-corrected chi connectivity index (χ2v) is 8.04. The summed E-state index contributed by atoms with van der Waals surface area (Å²) in [5.41, 5.74) is 0.803. The molecule has 5 nitrogen and oxygen atoms in total. The van der Waals surface area contributed by atoms with E-state index < -0.39 is 6.04 Å². The van der Waals surface area contributed by atoms with Gasteiger partial charge in [-0.25, -0.2) is 4.39 Å². The fourth-order valence-corrected chi connectivity index (χ4v) is 4.30. The molecule has 3 rings (SSSR count). The molecule has 1 aliphatic heterocycles. The van der Waals surface area contributed by atoms with Gasteiger partial charge in [0, 0.05) is 6.54 Å². The summed E-state index contributed by atoms with van der Waals surface area (Å²) in [5, 5.41) is 2.59. The van der Waals surface area contributed by atoms with E-state index in [0.29, 0.717) is 17.9 Å². The molecule has 0 saturated carbocycles. The van der Waals surface area contributed by atoms with Crippen LogP contribution in [0.4, 0.5) is 4.39 Å². The number of furan rings is 1. The minimum atomic E-state index is -0.581. The molecule has 144 valence electrons. The highest BCUT2D eigenvalue weighted by molar-refractivity contribution is 8.00. The number of thioether (sulfide) groups is 1. The molecule has 1 aliphatic rings. The number of rotatable bonds is 7. The van der Waals surface area contributed by atoms with Gasteiger partial charge in [-0.3, -0.25) is 9.59 Å². The van der Waals surface area contributed by atoms with Crippen LogP contribution in [-0.2, 0) is 16.1 Å². The van der Waals surface area contributed by atoms with Gasteiger partial charge in [-0.1, -0.05) is 26.0 Å². The van der Waals surface area contributed by atoms with Crippen LogP contribution in [0.1, 0.15) is 37.0 Å². The third-order valence-electron chi connectivity index (χ3n) is 4.40. The number of halogens is 1. The molecule has 1 aromatic heterocycles. The lowest BCUT2D eigenvalue weighted by atomic mass is 10.0. The molecule has 27 heavy (non-hydrogen) atoms. The molecule has 1 fully saturated rings. The van der Waals surface area contributed by atoms with E-state index >= 15 is 0 Å². The van der Waals surface area contributed by atoms with Crippen molar-refractivity contribution in [2.75, 3.05) is 5.75 Å². The van der Waals surface area contributed by atoms with Crippen molar-refractivity contribution >= 4 is 23.6 Å². The molecule has 7 heteroatoms. The Morgan fingerprint density at radius 2 is 2.07 bits per heavy atom. The molecule has 2 atom stereocenters. The molecular formula is C20H23FN2O3S. The maximum absolute atomic E-state index is 13.0. The largest absolute Gasteiger partial charge is 0.466 e. The highest BCUT2D eigenvalue weighted by Gasteiger charge is 2.42. The van der Waals surface area contributed by atoms with Crippen LogP contribution in [0, 0.1) is 11.7 Å². The van der Waals surface area contributed by atoms with Gasteiger partial charge in [0.1, 0.15) is 23.0 Å². The number of nitrogens with one attached hydrogen (secondary N) is 1. The van der Waals surface area contributed by atoms with Gasteiger partial charge in [0.25, 0.3) is 0 Å². The first-order valence-corrected chi connectivity index (χ1v) is 9.99. The summed E-state index contributed by atoms with van der Waals surface area (Å²) in [6.45, 7) is 4.33. The first kappa shape index (κ1) is 19.5. The van der Waals surface area contributed by atoms with E-state index in [1.54, 1.807) is 29.4 Å². The van der Waals surface area contributed by atoms with E-state index in [1.165, 1.54) is 23.9 Å². The van der Waals surface area contributed by atoms with Gasteiger partial charge in [0.2, 0.25) is 11.8 Å². The lowest BCUT2D eigenvalue weighted by Gasteiger charge is -2.32. The molecular weight excluding hydrogens is 367 g/mol. The van der Waals surface area contributed by atoms with E-state index in [1.807, 2.05) is 19.9 Å². The molecule has 1 saturated heterocycles. The molecule has 1 N–H and O–H groups in total. The molecule has 0 spiro atoms. The van der Waals surface area contributed by atoms with E-state index in [4.69, 9.17) is 4.42 Å². The zero-order valence-electron chi connectivity index (χ0n) is 15.4. The lowest BCUT2D eigenvalue weighted by Crippen LogP contribution is -2.49. The van der Waals surface area contributed by atoms with E-state index in [9.17, 15) is 14.0 Å². The molecule has 2 aromatic rings. The zero-order chi connectivity index (χ0) is 19.4. The van der Waals surface area contributed by atoms with Crippen LogP contribution in [0.3, 0.4) is 0 Å². The van der Waals surface area contributed by atoms with E-state index in [0.717, 1.165) is 5.56 Å². The van der Waals surface area contributed by atoms with E-state index in [-0.39, 0.29) is 35.5 Å². The van der Waals surface area contributed by atoms with Crippen LogP contribution in [0.2, 0.25) is 0 Å². The van der Waals surface area contributed by atoms with Gasteiger partial charge < -0.3 is 14.6 Å². The standard InChI is InChI=1S/C20H23FN2O3S/c1-13(2)10-16(19(25)22-11-14-5-7-15(21)8-6-14)23-18(24)12-27-20(23)17-4-3-9-26-17/h3-9,13,16,20H,10-12H2,1-2H3,(H,22,25)/t16-,20+/m0/s1. The maximum Gasteiger partial charge on any atom is 0.243 e. The monoisotopic (exact) mass is 390 g/mol. The van der Waals surface area contributed by atoms with Gasteiger partial charge in [0.05, 0.1) is 12.0 Å². The van der Waals surface area contributed by atoms with Crippen molar-refractivity contribution in [2.45, 2.75) is 38.2 Å². The number of hydrogen-bond donors (Lipinski definition) is 1. The Hall–Kier alpha value is -2.28. The molecule has 2 amide bonds. The number of hydrogen-bond acceptors (Lipinski definition) is 4. The van der Waals surface area contributed by atoms with Gasteiger partial charge in [-0.05, 0) is 42.2 Å². The van der Waals surface area contributed by atoms with Gasteiger partial charge >= 0.3 is 0 Å². The van der Waals surface area contributed by atoms with Crippen LogP contribution >= 0.6 is 11.8 Å². The fourth-order valence-electron chi connectivity index (χ4n) is 3.13. The van der Waals surface area contributed by atoms with Gasteiger partial charge in [-0.15, -0.1) is 11.8 Å². The number of carbonyl (C=O) groups is 2. The highest BCUT2D eigenvalue weighted by atomic mass is 32.2. The third-order valence-corrected chi connectivity index (χ3v) is 5.59. The van der Waals surface area contributed by atoms with Gasteiger partial charge in [-0.2, -0.15) is 0 Å². The summed E-state index contributed by atoms with van der Waals surface area (Å²) in [6.07, 6.45) is 2.13. The summed E-state index contributed by atoms with van der Waals surface area (Å²) in [7, 11) is 0. The molecule has 0 radical (unpaired) electrons. The molecule has 0 unspecified atom stereocenters. The van der Waals surface area contributed by atoms with Crippen molar-refractivity contribution < 1.29 is 18.4 Å². The Labute approximate surface area is 162 Å². The number of carbonyl (C=O) groups excluding carboxylic acids is 2. The quantitative estimate of drug-likeness (QED) is 0.783. The van der Waals surface area contributed by atoms with Crippen LogP contribution in [0.25, 0.3) is 0 Å². The maximum atomic E-state index is 13.0. The smallest absolute Gasteiger partial charge is 0.243 e. The normalized spacial score (nSPS) is 18.1. The number of amides is 2. The third kappa shape index (κ3) is 4.71. The number of nitrogens with zero attached hydrogens (tertiary/aromatic N) is 1. The molecule has 1 aromatic carbocycles. The average molecular weight is 390 g/mol.